The van der Waals surface area contributed by atoms with Crippen LogP contribution in [0.2, 0.25) is 5.28 Å². The van der Waals surface area contributed by atoms with Crippen LogP contribution in [0.4, 0.5) is 5.82 Å². The fourth-order valence-corrected chi connectivity index (χ4v) is 6.28. The predicted octanol–water partition coefficient (Wildman–Crippen LogP) is 2.88. The summed E-state index contributed by atoms with van der Waals surface area (Å²) in [5.74, 6) is 1.90. The summed E-state index contributed by atoms with van der Waals surface area (Å²) < 4.78 is 0. The first kappa shape index (κ1) is 13.7. The molecule has 2 unspecified atom stereocenters. The molecule has 6 rings (SSSR count). The summed E-state index contributed by atoms with van der Waals surface area (Å²) in [7, 11) is 0. The number of rotatable bonds is 1. The second kappa shape index (κ2) is 4.24. The summed E-state index contributed by atoms with van der Waals surface area (Å²) in [6.45, 7) is 0. The van der Waals surface area contributed by atoms with Crippen molar-refractivity contribution in [3.05, 3.63) is 17.0 Å². The molecular weight excluding hydrogens is 312 g/mol. The van der Waals surface area contributed by atoms with Crippen LogP contribution in [0.5, 0.6) is 0 Å². The van der Waals surface area contributed by atoms with Crippen molar-refractivity contribution in [3.8, 4) is 6.07 Å². The van der Waals surface area contributed by atoms with E-state index in [0.29, 0.717) is 24.1 Å². The van der Waals surface area contributed by atoms with Crippen LogP contribution in [-0.2, 0) is 11.2 Å². The number of hydrogen-bond donors (Lipinski definition) is 0. The van der Waals surface area contributed by atoms with Crippen LogP contribution >= 0.6 is 11.6 Å². The van der Waals surface area contributed by atoms with Gasteiger partial charge in [-0.05, 0) is 62.0 Å². The fourth-order valence-electron chi connectivity index (χ4n) is 6.15. The average molecular weight is 329 g/mol. The second-order valence-corrected chi connectivity index (χ2v) is 8.31. The molecule has 23 heavy (non-hydrogen) atoms. The van der Waals surface area contributed by atoms with Gasteiger partial charge in [-0.2, -0.15) is 10.2 Å². The lowest BCUT2D eigenvalue weighted by molar-refractivity contribution is -0.121. The van der Waals surface area contributed by atoms with E-state index in [2.05, 4.69) is 16.0 Å². The number of amides is 1. The summed E-state index contributed by atoms with van der Waals surface area (Å²) in [6.07, 6.45) is 8.02. The Labute approximate surface area is 139 Å². The van der Waals surface area contributed by atoms with Gasteiger partial charge in [0.25, 0.3) is 0 Å². The van der Waals surface area contributed by atoms with Crippen LogP contribution in [0.1, 0.15) is 44.1 Å². The van der Waals surface area contributed by atoms with Crippen LogP contribution < -0.4 is 4.90 Å². The number of anilines is 1. The highest BCUT2D eigenvalue weighted by Crippen LogP contribution is 2.64. The Hall–Kier alpha value is -1.67. The first-order valence-corrected chi connectivity index (χ1v) is 8.66. The fraction of sp³-hybridized carbons (Fsp3) is 0.647. The van der Waals surface area contributed by atoms with E-state index in [4.69, 9.17) is 11.6 Å². The van der Waals surface area contributed by atoms with E-state index in [1.54, 1.807) is 6.20 Å². The monoisotopic (exact) mass is 328 g/mol. The molecule has 1 aromatic rings. The Kier molecular flexibility index (Phi) is 2.53. The Bertz CT molecular complexity index is 756. The van der Waals surface area contributed by atoms with Crippen molar-refractivity contribution < 1.29 is 4.79 Å². The Morgan fingerprint density at radius 3 is 2.74 bits per heavy atom. The van der Waals surface area contributed by atoms with E-state index >= 15 is 0 Å². The molecule has 5 nitrogen and oxygen atoms in total. The van der Waals surface area contributed by atoms with Crippen LogP contribution in [0.25, 0.3) is 0 Å². The minimum atomic E-state index is -0.246. The predicted molar refractivity (Wildman–Crippen MR) is 83.7 cm³/mol. The average Bonchev–Trinajstić information content (AvgIpc) is 2.81. The maximum Gasteiger partial charge on any atom is 0.233 e. The van der Waals surface area contributed by atoms with Crippen LogP contribution in [0.15, 0.2) is 6.20 Å². The van der Waals surface area contributed by atoms with Gasteiger partial charge in [-0.15, -0.1) is 0 Å². The van der Waals surface area contributed by atoms with Gasteiger partial charge < -0.3 is 0 Å². The lowest BCUT2D eigenvalue weighted by Gasteiger charge is -2.62. The number of carbonyl (C=O) groups excluding carboxylic acids is 1. The van der Waals surface area contributed by atoms with Gasteiger partial charge >= 0.3 is 0 Å². The Morgan fingerprint density at radius 2 is 2.04 bits per heavy atom. The highest BCUT2D eigenvalue weighted by molar-refractivity contribution is 6.28. The zero-order valence-electron chi connectivity index (χ0n) is 12.8. The van der Waals surface area contributed by atoms with E-state index in [1.807, 2.05) is 4.90 Å². The molecular formula is C17H17ClN4O. The standard InChI is InChI=1S/C17H17ClN4O/c18-15-20-7-12-2-13(23)22(14(12)21-15)17-5-10-1-11(6-17)4-16(3-10,8-17)9-19/h7,10-11H,1-6,8H2. The molecule has 0 aromatic carbocycles. The topological polar surface area (TPSA) is 69.9 Å². The largest absolute Gasteiger partial charge is 0.290 e. The Balaban J connectivity index is 1.64. The van der Waals surface area contributed by atoms with Crippen molar-refractivity contribution in [1.82, 2.24) is 9.97 Å². The third kappa shape index (κ3) is 1.76. The molecule has 2 heterocycles. The van der Waals surface area contributed by atoms with E-state index in [-0.39, 0.29) is 22.1 Å². The minimum absolute atomic E-state index is 0.0895. The number of hydrogen-bond acceptors (Lipinski definition) is 4. The van der Waals surface area contributed by atoms with Crippen molar-refractivity contribution in [1.29, 1.82) is 5.26 Å². The molecule has 0 radical (unpaired) electrons. The summed E-state index contributed by atoms with van der Waals surface area (Å²) in [5, 5.41) is 9.98. The molecule has 5 aliphatic rings. The number of aromatic nitrogens is 2. The normalized spacial score (nSPS) is 40.3. The third-order valence-corrected chi connectivity index (χ3v) is 6.54. The van der Waals surface area contributed by atoms with Gasteiger partial charge in [0.1, 0.15) is 5.82 Å². The third-order valence-electron chi connectivity index (χ3n) is 6.36. The minimum Gasteiger partial charge on any atom is -0.290 e. The molecule has 4 fully saturated rings. The molecule has 0 saturated heterocycles. The molecule has 1 aromatic heterocycles. The van der Waals surface area contributed by atoms with Crippen LogP contribution in [0.3, 0.4) is 0 Å². The SMILES string of the molecule is N#CC12CC3CC(C1)CC(N1C(=O)Cc4cnc(Cl)nc41)(C3)C2. The van der Waals surface area contributed by atoms with Crippen molar-refractivity contribution in [3.63, 3.8) is 0 Å². The first-order chi connectivity index (χ1) is 11.0. The van der Waals surface area contributed by atoms with E-state index in [9.17, 15) is 10.1 Å². The van der Waals surface area contributed by atoms with Crippen molar-refractivity contribution in [2.45, 2.75) is 50.5 Å². The van der Waals surface area contributed by atoms with Gasteiger partial charge in [0, 0.05) is 11.8 Å². The molecule has 118 valence electrons. The molecule has 4 bridgehead atoms. The lowest BCUT2D eigenvalue weighted by atomic mass is 9.47. The van der Waals surface area contributed by atoms with Crippen molar-refractivity contribution in [2.24, 2.45) is 17.3 Å². The molecule has 4 saturated carbocycles. The van der Waals surface area contributed by atoms with Crippen molar-refractivity contribution >= 4 is 23.3 Å². The van der Waals surface area contributed by atoms with E-state index in [0.717, 1.165) is 37.7 Å². The van der Waals surface area contributed by atoms with Gasteiger partial charge in [0.05, 0.1) is 23.4 Å². The molecule has 1 aliphatic heterocycles. The highest BCUT2D eigenvalue weighted by Gasteiger charge is 2.62. The molecule has 0 spiro atoms. The number of fused-ring (bicyclic) bond motifs is 1. The maximum absolute atomic E-state index is 12.8. The summed E-state index contributed by atoms with van der Waals surface area (Å²) >= 11 is 5.99. The van der Waals surface area contributed by atoms with E-state index < -0.39 is 0 Å². The van der Waals surface area contributed by atoms with Crippen LogP contribution in [-0.4, -0.2) is 21.4 Å². The molecule has 0 N–H and O–H groups in total. The zero-order chi connectivity index (χ0) is 15.8. The Morgan fingerprint density at radius 1 is 1.30 bits per heavy atom. The highest BCUT2D eigenvalue weighted by atomic mass is 35.5. The number of carbonyl (C=O) groups is 1. The summed E-state index contributed by atoms with van der Waals surface area (Å²) in [4.78, 5) is 23.1. The number of nitrogens with zero attached hydrogens (tertiary/aromatic N) is 4. The summed E-state index contributed by atoms with van der Waals surface area (Å²) in [5.41, 5.74) is 0.380. The first-order valence-electron chi connectivity index (χ1n) is 8.28. The maximum atomic E-state index is 12.8. The molecule has 4 aliphatic carbocycles. The quantitative estimate of drug-likeness (QED) is 0.743. The number of nitriles is 1. The zero-order valence-corrected chi connectivity index (χ0v) is 13.5. The van der Waals surface area contributed by atoms with Gasteiger partial charge in [-0.1, -0.05) is 0 Å². The van der Waals surface area contributed by atoms with Gasteiger partial charge in [-0.25, -0.2) is 4.98 Å². The van der Waals surface area contributed by atoms with Gasteiger partial charge in [0.2, 0.25) is 11.2 Å². The lowest BCUT2D eigenvalue weighted by Crippen LogP contribution is -2.64. The molecule has 2 atom stereocenters. The second-order valence-electron chi connectivity index (χ2n) is 7.97. The molecule has 1 amide bonds. The van der Waals surface area contributed by atoms with E-state index in [1.165, 1.54) is 6.42 Å². The van der Waals surface area contributed by atoms with Crippen LogP contribution in [0, 0.1) is 28.6 Å². The van der Waals surface area contributed by atoms with Crippen molar-refractivity contribution in [2.75, 3.05) is 4.90 Å². The molecule has 6 heteroatoms. The summed E-state index contributed by atoms with van der Waals surface area (Å²) in [6, 6.07) is 2.61. The van der Waals surface area contributed by atoms with Gasteiger partial charge in [-0.3, -0.25) is 9.69 Å². The van der Waals surface area contributed by atoms with Gasteiger partial charge in [0.15, 0.2) is 0 Å². The smallest absolute Gasteiger partial charge is 0.233 e. The number of halogens is 1.